The molecule has 1 heterocycles. The van der Waals surface area contributed by atoms with E-state index in [1.165, 1.54) is 7.11 Å². The average Bonchev–Trinajstić information content (AvgIpc) is 3.04. The van der Waals surface area contributed by atoms with Crippen molar-refractivity contribution in [1.29, 1.82) is 0 Å². The number of ether oxygens (including phenoxy) is 2. The molecular formula is C19H20N2O4. The zero-order chi connectivity index (χ0) is 18.0. The summed E-state index contributed by atoms with van der Waals surface area (Å²) >= 11 is 0. The number of nitrogens with zero attached hydrogens (tertiary/aromatic N) is 1. The van der Waals surface area contributed by atoms with E-state index in [0.29, 0.717) is 29.3 Å². The normalized spacial score (nSPS) is 12.5. The molecule has 0 saturated carbocycles. The van der Waals surface area contributed by atoms with Gasteiger partial charge in [-0.15, -0.1) is 0 Å². The Morgan fingerprint density at radius 3 is 2.56 bits per heavy atom. The molecule has 25 heavy (non-hydrogen) atoms. The summed E-state index contributed by atoms with van der Waals surface area (Å²) in [6, 6.07) is 10.6. The van der Waals surface area contributed by atoms with Gasteiger partial charge in [0.1, 0.15) is 11.5 Å². The van der Waals surface area contributed by atoms with Crippen LogP contribution in [0.2, 0.25) is 0 Å². The van der Waals surface area contributed by atoms with Crippen molar-refractivity contribution >= 4 is 23.2 Å². The van der Waals surface area contributed by atoms with Crippen LogP contribution in [0.5, 0.6) is 11.5 Å². The van der Waals surface area contributed by atoms with E-state index < -0.39 is 0 Å². The number of rotatable bonds is 4. The molecule has 2 aromatic carbocycles. The largest absolute Gasteiger partial charge is 0.497 e. The summed E-state index contributed by atoms with van der Waals surface area (Å²) in [5, 5.41) is 2.86. The van der Waals surface area contributed by atoms with Crippen LogP contribution in [0.15, 0.2) is 36.4 Å². The third-order valence-electron chi connectivity index (χ3n) is 4.27. The minimum atomic E-state index is -0.285. The predicted molar refractivity (Wildman–Crippen MR) is 95.7 cm³/mol. The van der Waals surface area contributed by atoms with Crippen LogP contribution in [-0.4, -0.2) is 32.6 Å². The van der Waals surface area contributed by atoms with E-state index in [1.54, 1.807) is 37.1 Å². The second kappa shape index (κ2) is 6.84. The van der Waals surface area contributed by atoms with Gasteiger partial charge in [0.15, 0.2) is 0 Å². The van der Waals surface area contributed by atoms with Crippen molar-refractivity contribution in [1.82, 2.24) is 0 Å². The number of hydrogen-bond donors (Lipinski definition) is 1. The molecule has 0 saturated heterocycles. The summed E-state index contributed by atoms with van der Waals surface area (Å²) in [5.74, 6) is 0.761. The third kappa shape index (κ3) is 3.28. The monoisotopic (exact) mass is 340 g/mol. The van der Waals surface area contributed by atoms with Gasteiger partial charge in [0.25, 0.3) is 5.91 Å². The highest BCUT2D eigenvalue weighted by molar-refractivity contribution is 6.07. The number of methoxy groups -OCH3 is 2. The van der Waals surface area contributed by atoms with E-state index in [0.717, 1.165) is 17.7 Å². The minimum absolute atomic E-state index is 0.000879. The fourth-order valence-corrected chi connectivity index (χ4v) is 2.97. The first-order valence-electron chi connectivity index (χ1n) is 7.98. The van der Waals surface area contributed by atoms with Gasteiger partial charge < -0.3 is 19.7 Å². The SMILES string of the molecule is COc1ccc(C(=O)Nc2ccc3c(c2)N(C(C)=O)CC3)c(OC)c1. The molecule has 1 aliphatic rings. The van der Waals surface area contributed by atoms with Gasteiger partial charge in [-0.1, -0.05) is 6.07 Å². The van der Waals surface area contributed by atoms with Crippen molar-refractivity contribution in [3.8, 4) is 11.5 Å². The standard InChI is InChI=1S/C19H20N2O4/c1-12(22)21-9-8-13-4-5-14(10-17(13)21)20-19(23)16-7-6-15(24-2)11-18(16)25-3/h4-7,10-11H,8-9H2,1-3H3,(H,20,23). The van der Waals surface area contributed by atoms with Crippen molar-refractivity contribution in [3.63, 3.8) is 0 Å². The number of carbonyl (C=O) groups excluding carboxylic acids is 2. The zero-order valence-corrected chi connectivity index (χ0v) is 14.5. The molecule has 2 amide bonds. The van der Waals surface area contributed by atoms with Crippen molar-refractivity contribution in [2.24, 2.45) is 0 Å². The smallest absolute Gasteiger partial charge is 0.259 e. The van der Waals surface area contributed by atoms with E-state index >= 15 is 0 Å². The lowest BCUT2D eigenvalue weighted by Gasteiger charge is -2.16. The first-order chi connectivity index (χ1) is 12.0. The lowest BCUT2D eigenvalue weighted by molar-refractivity contribution is -0.116. The van der Waals surface area contributed by atoms with Gasteiger partial charge in [-0.2, -0.15) is 0 Å². The van der Waals surface area contributed by atoms with E-state index in [9.17, 15) is 9.59 Å². The van der Waals surface area contributed by atoms with Crippen LogP contribution in [0.1, 0.15) is 22.8 Å². The molecule has 3 rings (SSSR count). The maximum atomic E-state index is 12.6. The number of carbonyl (C=O) groups is 2. The number of hydrogen-bond acceptors (Lipinski definition) is 4. The van der Waals surface area contributed by atoms with Crippen LogP contribution in [0.4, 0.5) is 11.4 Å². The molecule has 1 aliphatic heterocycles. The van der Waals surface area contributed by atoms with E-state index in [-0.39, 0.29) is 11.8 Å². The number of amides is 2. The number of anilines is 2. The maximum absolute atomic E-state index is 12.6. The maximum Gasteiger partial charge on any atom is 0.259 e. The van der Waals surface area contributed by atoms with Gasteiger partial charge in [0, 0.05) is 30.9 Å². The Morgan fingerprint density at radius 1 is 1.08 bits per heavy atom. The van der Waals surface area contributed by atoms with Gasteiger partial charge in [0.2, 0.25) is 5.91 Å². The highest BCUT2D eigenvalue weighted by atomic mass is 16.5. The fraction of sp³-hybridized carbons (Fsp3) is 0.263. The molecule has 0 aromatic heterocycles. The Labute approximate surface area is 146 Å². The molecule has 1 N–H and O–H groups in total. The van der Waals surface area contributed by atoms with E-state index in [2.05, 4.69) is 5.32 Å². The number of nitrogens with one attached hydrogen (secondary N) is 1. The molecule has 0 bridgehead atoms. The van der Waals surface area contributed by atoms with Crippen LogP contribution in [0, 0.1) is 0 Å². The van der Waals surface area contributed by atoms with Crippen molar-refractivity contribution in [2.75, 3.05) is 31.0 Å². The van der Waals surface area contributed by atoms with Crippen molar-refractivity contribution < 1.29 is 19.1 Å². The van der Waals surface area contributed by atoms with Crippen LogP contribution >= 0.6 is 0 Å². The molecule has 0 fully saturated rings. The Morgan fingerprint density at radius 2 is 1.88 bits per heavy atom. The average molecular weight is 340 g/mol. The van der Waals surface area contributed by atoms with Gasteiger partial charge in [-0.05, 0) is 36.2 Å². The summed E-state index contributed by atoms with van der Waals surface area (Å²) in [6.07, 6.45) is 0.829. The van der Waals surface area contributed by atoms with Crippen LogP contribution < -0.4 is 19.7 Å². The molecule has 0 radical (unpaired) electrons. The van der Waals surface area contributed by atoms with E-state index in [1.807, 2.05) is 18.2 Å². The quantitative estimate of drug-likeness (QED) is 0.929. The number of benzene rings is 2. The molecule has 0 unspecified atom stereocenters. The second-order valence-electron chi connectivity index (χ2n) is 5.78. The first kappa shape index (κ1) is 16.8. The second-order valence-corrected chi connectivity index (χ2v) is 5.78. The number of fused-ring (bicyclic) bond motifs is 1. The molecule has 6 nitrogen and oxygen atoms in total. The van der Waals surface area contributed by atoms with Gasteiger partial charge in [-0.25, -0.2) is 0 Å². The van der Waals surface area contributed by atoms with Gasteiger partial charge in [-0.3, -0.25) is 9.59 Å². The molecule has 6 heteroatoms. The first-order valence-corrected chi connectivity index (χ1v) is 7.98. The third-order valence-corrected chi connectivity index (χ3v) is 4.27. The van der Waals surface area contributed by atoms with Crippen LogP contribution in [-0.2, 0) is 11.2 Å². The summed E-state index contributed by atoms with van der Waals surface area (Å²) < 4.78 is 10.4. The van der Waals surface area contributed by atoms with Crippen molar-refractivity contribution in [2.45, 2.75) is 13.3 Å². The summed E-state index contributed by atoms with van der Waals surface area (Å²) in [5.41, 5.74) is 3.00. The van der Waals surface area contributed by atoms with Crippen LogP contribution in [0.3, 0.4) is 0 Å². The topological polar surface area (TPSA) is 67.9 Å². The summed E-state index contributed by atoms with van der Waals surface area (Å²) in [6.45, 7) is 2.22. The molecule has 0 atom stereocenters. The van der Waals surface area contributed by atoms with Gasteiger partial charge in [0.05, 0.1) is 19.8 Å². The lowest BCUT2D eigenvalue weighted by atomic mass is 10.1. The summed E-state index contributed by atoms with van der Waals surface area (Å²) in [4.78, 5) is 26.0. The zero-order valence-electron chi connectivity index (χ0n) is 14.5. The Kier molecular flexibility index (Phi) is 4.61. The Bertz CT molecular complexity index is 832. The molecular weight excluding hydrogens is 320 g/mol. The highest BCUT2D eigenvalue weighted by Gasteiger charge is 2.23. The van der Waals surface area contributed by atoms with Crippen LogP contribution in [0.25, 0.3) is 0 Å². The fourth-order valence-electron chi connectivity index (χ4n) is 2.97. The molecule has 0 aliphatic carbocycles. The Balaban J connectivity index is 1.85. The van der Waals surface area contributed by atoms with Crippen molar-refractivity contribution in [3.05, 3.63) is 47.5 Å². The molecule has 130 valence electrons. The molecule has 2 aromatic rings. The predicted octanol–water partition coefficient (Wildman–Crippen LogP) is 2.87. The Hall–Kier alpha value is -3.02. The van der Waals surface area contributed by atoms with E-state index in [4.69, 9.17) is 9.47 Å². The highest BCUT2D eigenvalue weighted by Crippen LogP contribution is 2.31. The summed E-state index contributed by atoms with van der Waals surface area (Å²) in [7, 11) is 3.06. The van der Waals surface area contributed by atoms with Gasteiger partial charge >= 0.3 is 0 Å². The minimum Gasteiger partial charge on any atom is -0.497 e. The lowest BCUT2D eigenvalue weighted by Crippen LogP contribution is -2.25. The molecule has 0 spiro atoms.